The van der Waals surface area contributed by atoms with Crippen molar-refractivity contribution in [3.63, 3.8) is 0 Å². The Kier molecular flexibility index (Phi) is 5.17. The summed E-state index contributed by atoms with van der Waals surface area (Å²) in [5, 5.41) is 32.0. The van der Waals surface area contributed by atoms with Crippen molar-refractivity contribution < 1.29 is 37.6 Å². The lowest BCUT2D eigenvalue weighted by atomic mass is 9.93. The number of hydrogen-bond donors (Lipinski definition) is 4. The molecule has 10 heteroatoms. The number of hydrogen-bond acceptors (Lipinski definition) is 7. The Morgan fingerprint density at radius 3 is 2.52 bits per heavy atom. The SMILES string of the molecule is CC1OC(CO)C(O)C(O)C1Nc1ccc2c(C(F)(F)F)cc(=O)oc2c1. The van der Waals surface area contributed by atoms with Crippen LogP contribution in [0.1, 0.15) is 12.5 Å². The minimum atomic E-state index is -4.71. The van der Waals surface area contributed by atoms with E-state index < -0.39 is 54.4 Å². The highest BCUT2D eigenvalue weighted by atomic mass is 19.4. The molecule has 1 fully saturated rings. The van der Waals surface area contributed by atoms with Crippen molar-refractivity contribution in [2.45, 2.75) is 43.6 Å². The zero-order chi connectivity index (χ0) is 19.9. The minimum Gasteiger partial charge on any atom is -0.423 e. The van der Waals surface area contributed by atoms with E-state index >= 15 is 0 Å². The zero-order valence-corrected chi connectivity index (χ0v) is 14.1. The van der Waals surface area contributed by atoms with Crippen molar-refractivity contribution in [3.05, 3.63) is 40.2 Å². The Bertz CT molecular complexity index is 883. The van der Waals surface area contributed by atoms with Gasteiger partial charge in [-0.2, -0.15) is 13.2 Å². The molecule has 0 aliphatic carbocycles. The first-order valence-electron chi connectivity index (χ1n) is 8.16. The first kappa shape index (κ1) is 19.6. The number of fused-ring (bicyclic) bond motifs is 1. The first-order valence-corrected chi connectivity index (χ1v) is 8.16. The summed E-state index contributed by atoms with van der Waals surface area (Å²) >= 11 is 0. The molecule has 0 amide bonds. The molecule has 0 bridgehead atoms. The number of nitrogens with one attached hydrogen (secondary N) is 1. The molecule has 1 aromatic carbocycles. The van der Waals surface area contributed by atoms with Gasteiger partial charge in [0.1, 0.15) is 23.9 Å². The maximum Gasteiger partial charge on any atom is 0.417 e. The van der Waals surface area contributed by atoms with Crippen LogP contribution in [-0.2, 0) is 10.9 Å². The molecule has 3 rings (SSSR count). The number of alkyl halides is 3. The summed E-state index contributed by atoms with van der Waals surface area (Å²) in [5.74, 6) is 0. The smallest absolute Gasteiger partial charge is 0.417 e. The fraction of sp³-hybridized carbons (Fsp3) is 0.471. The van der Waals surface area contributed by atoms with Crippen molar-refractivity contribution in [2.24, 2.45) is 0 Å². The fourth-order valence-electron chi connectivity index (χ4n) is 3.18. The molecule has 148 valence electrons. The van der Waals surface area contributed by atoms with Gasteiger partial charge >= 0.3 is 11.8 Å². The third-order valence-electron chi connectivity index (χ3n) is 4.56. The van der Waals surface area contributed by atoms with E-state index in [0.717, 1.165) is 6.07 Å². The number of anilines is 1. The molecule has 7 nitrogen and oxygen atoms in total. The van der Waals surface area contributed by atoms with Gasteiger partial charge in [0.15, 0.2) is 0 Å². The summed E-state index contributed by atoms with van der Waals surface area (Å²) in [6.45, 7) is 1.13. The van der Waals surface area contributed by atoms with Crippen LogP contribution in [-0.4, -0.2) is 52.4 Å². The largest absolute Gasteiger partial charge is 0.423 e. The molecular weight excluding hydrogens is 371 g/mol. The number of halogens is 3. The van der Waals surface area contributed by atoms with Gasteiger partial charge in [-0.3, -0.25) is 0 Å². The Balaban J connectivity index is 1.93. The topological polar surface area (TPSA) is 112 Å². The molecule has 0 spiro atoms. The average Bonchev–Trinajstić information content (AvgIpc) is 2.60. The predicted molar refractivity (Wildman–Crippen MR) is 88.3 cm³/mol. The monoisotopic (exact) mass is 389 g/mol. The minimum absolute atomic E-state index is 0.263. The molecule has 1 saturated heterocycles. The second kappa shape index (κ2) is 7.12. The lowest BCUT2D eigenvalue weighted by Crippen LogP contribution is -2.60. The van der Waals surface area contributed by atoms with Gasteiger partial charge in [-0.25, -0.2) is 4.79 Å². The molecule has 0 saturated carbocycles. The van der Waals surface area contributed by atoms with Crippen LogP contribution < -0.4 is 10.9 Å². The first-order chi connectivity index (χ1) is 12.6. The number of rotatable bonds is 3. The Morgan fingerprint density at radius 1 is 1.19 bits per heavy atom. The van der Waals surface area contributed by atoms with E-state index in [0.29, 0.717) is 6.07 Å². The van der Waals surface area contributed by atoms with Crippen molar-refractivity contribution in [3.8, 4) is 0 Å². The van der Waals surface area contributed by atoms with Crippen LogP contribution >= 0.6 is 0 Å². The third kappa shape index (κ3) is 3.79. The Labute approximate surface area is 151 Å². The second-order valence-electron chi connectivity index (χ2n) is 6.40. The number of aliphatic hydroxyl groups is 3. The van der Waals surface area contributed by atoms with Gasteiger partial charge in [0, 0.05) is 23.2 Å². The van der Waals surface area contributed by atoms with E-state index in [1.165, 1.54) is 12.1 Å². The molecule has 1 aromatic heterocycles. The highest BCUT2D eigenvalue weighted by molar-refractivity contribution is 5.84. The molecule has 2 aromatic rings. The normalized spacial score (nSPS) is 29.1. The van der Waals surface area contributed by atoms with Crippen LogP contribution in [0.15, 0.2) is 33.5 Å². The Hall–Kier alpha value is -2.14. The van der Waals surface area contributed by atoms with Crippen molar-refractivity contribution in [1.82, 2.24) is 0 Å². The van der Waals surface area contributed by atoms with Crippen molar-refractivity contribution in [1.29, 1.82) is 0 Å². The van der Waals surface area contributed by atoms with Crippen LogP contribution in [0, 0.1) is 0 Å². The van der Waals surface area contributed by atoms with Gasteiger partial charge in [-0.05, 0) is 19.1 Å². The van der Waals surface area contributed by atoms with E-state index in [2.05, 4.69) is 5.32 Å². The van der Waals surface area contributed by atoms with Crippen LogP contribution in [0.5, 0.6) is 0 Å². The van der Waals surface area contributed by atoms with Crippen LogP contribution in [0.2, 0.25) is 0 Å². The number of ether oxygens (including phenoxy) is 1. The van der Waals surface area contributed by atoms with Gasteiger partial charge in [0.25, 0.3) is 0 Å². The zero-order valence-electron chi connectivity index (χ0n) is 14.1. The number of aliphatic hydroxyl groups excluding tert-OH is 3. The second-order valence-corrected chi connectivity index (χ2v) is 6.40. The van der Waals surface area contributed by atoms with Gasteiger partial charge in [-0.1, -0.05) is 0 Å². The summed E-state index contributed by atoms with van der Waals surface area (Å²) < 4.78 is 49.6. The maximum absolute atomic E-state index is 13.1. The van der Waals surface area contributed by atoms with Gasteiger partial charge in [0.05, 0.1) is 24.3 Å². The summed E-state index contributed by atoms with van der Waals surface area (Å²) in [6.07, 6.45) is -8.93. The number of benzene rings is 1. The van der Waals surface area contributed by atoms with Gasteiger partial charge < -0.3 is 29.8 Å². The van der Waals surface area contributed by atoms with E-state index in [9.17, 15) is 28.2 Å². The molecule has 4 N–H and O–H groups in total. The summed E-state index contributed by atoms with van der Waals surface area (Å²) in [5.41, 5.74) is -2.25. The van der Waals surface area contributed by atoms with E-state index in [1.54, 1.807) is 6.92 Å². The molecule has 0 radical (unpaired) electrons. The molecule has 1 aliphatic heterocycles. The maximum atomic E-state index is 13.1. The molecular formula is C17H18F3NO6. The van der Waals surface area contributed by atoms with Gasteiger partial charge in [0.2, 0.25) is 0 Å². The lowest BCUT2D eigenvalue weighted by Gasteiger charge is -2.41. The summed E-state index contributed by atoms with van der Waals surface area (Å²) in [7, 11) is 0. The lowest BCUT2D eigenvalue weighted by molar-refractivity contribution is -0.180. The van der Waals surface area contributed by atoms with E-state index in [-0.39, 0.29) is 16.7 Å². The molecule has 5 unspecified atom stereocenters. The van der Waals surface area contributed by atoms with Crippen molar-refractivity contribution >= 4 is 16.7 Å². The Morgan fingerprint density at radius 2 is 1.89 bits per heavy atom. The molecule has 5 atom stereocenters. The van der Waals surface area contributed by atoms with Crippen molar-refractivity contribution in [2.75, 3.05) is 11.9 Å². The van der Waals surface area contributed by atoms with E-state index in [1.807, 2.05) is 0 Å². The average molecular weight is 389 g/mol. The molecule has 2 heterocycles. The standard InChI is InChI=1S/C17H18F3NO6/c1-7-14(16(25)15(24)12(6-22)26-7)21-8-2-3-9-10(17(18,19)20)5-13(23)27-11(9)4-8/h2-5,7,12,14-16,21-22,24-25H,6H2,1H3. The quantitative estimate of drug-likeness (QED) is 0.582. The van der Waals surface area contributed by atoms with Crippen LogP contribution in [0.3, 0.4) is 0 Å². The third-order valence-corrected chi connectivity index (χ3v) is 4.56. The molecule has 27 heavy (non-hydrogen) atoms. The predicted octanol–water partition coefficient (Wildman–Crippen LogP) is 1.09. The van der Waals surface area contributed by atoms with E-state index in [4.69, 9.17) is 14.3 Å². The molecule has 1 aliphatic rings. The summed E-state index contributed by atoms with van der Waals surface area (Å²) in [4.78, 5) is 11.5. The summed E-state index contributed by atoms with van der Waals surface area (Å²) in [6, 6.07) is 3.27. The fourth-order valence-corrected chi connectivity index (χ4v) is 3.18. The van der Waals surface area contributed by atoms with Gasteiger partial charge in [-0.15, -0.1) is 0 Å². The highest BCUT2D eigenvalue weighted by Crippen LogP contribution is 2.35. The highest BCUT2D eigenvalue weighted by Gasteiger charge is 2.42. The van der Waals surface area contributed by atoms with Crippen LogP contribution in [0.25, 0.3) is 11.0 Å². The van der Waals surface area contributed by atoms with Crippen LogP contribution in [0.4, 0.5) is 18.9 Å².